The van der Waals surface area contributed by atoms with E-state index in [0.29, 0.717) is 30.4 Å². The SMILES string of the molecule is C=C1CCC2CC(N3Cc4cnc(Nc5ccc(N6CCN(C)CC6)cc5)nc4N(C)C3=O)CCN2C1=O. The number of carbonyl (C=O) groups excluding carboxylic acids is 2. The topological polar surface area (TPSA) is 88.2 Å². The van der Waals surface area contributed by atoms with Gasteiger partial charge < -0.3 is 24.9 Å². The lowest BCUT2D eigenvalue weighted by Crippen LogP contribution is -2.57. The monoisotopic (exact) mass is 516 g/mol. The van der Waals surface area contributed by atoms with Crippen LogP contribution < -0.4 is 15.1 Å². The molecule has 2 unspecified atom stereocenters. The van der Waals surface area contributed by atoms with Crippen LogP contribution in [0.3, 0.4) is 0 Å². The maximum Gasteiger partial charge on any atom is 0.325 e. The molecule has 4 aliphatic heterocycles. The Morgan fingerprint density at radius 3 is 2.45 bits per heavy atom. The molecule has 4 aliphatic rings. The van der Waals surface area contributed by atoms with Crippen LogP contribution in [0.2, 0.25) is 0 Å². The van der Waals surface area contributed by atoms with Gasteiger partial charge in [0.1, 0.15) is 5.82 Å². The minimum Gasteiger partial charge on any atom is -0.369 e. The van der Waals surface area contributed by atoms with Gasteiger partial charge in [-0.2, -0.15) is 4.98 Å². The molecule has 3 saturated heterocycles. The molecule has 3 fully saturated rings. The van der Waals surface area contributed by atoms with Crippen LogP contribution in [0.15, 0.2) is 42.6 Å². The second-order valence-corrected chi connectivity index (χ2v) is 10.9. The standard InChI is InChI=1S/C28H36N8O2/c1-19-4-7-23-16-24(10-11-35(23)26(19)37)36-18-20-17-29-27(31-25(20)33(3)28(36)38)30-21-5-8-22(9-6-21)34-14-12-32(2)13-15-34/h5-6,8-9,17,23-24H,1,4,7,10-16,18H2,2-3H3,(H,29,30,31). The van der Waals surface area contributed by atoms with Crippen LogP contribution in [0.5, 0.6) is 0 Å². The lowest BCUT2D eigenvalue weighted by Gasteiger charge is -2.47. The number of nitrogens with one attached hydrogen (secondary N) is 1. The van der Waals surface area contributed by atoms with Crippen molar-refractivity contribution >= 4 is 35.1 Å². The summed E-state index contributed by atoms with van der Waals surface area (Å²) in [6.07, 6.45) is 5.06. The van der Waals surface area contributed by atoms with Gasteiger partial charge >= 0.3 is 6.03 Å². The summed E-state index contributed by atoms with van der Waals surface area (Å²) >= 11 is 0. The van der Waals surface area contributed by atoms with E-state index >= 15 is 0 Å². The highest BCUT2D eigenvalue weighted by Gasteiger charge is 2.41. The van der Waals surface area contributed by atoms with Crippen LogP contribution in [0.1, 0.15) is 31.2 Å². The Morgan fingerprint density at radius 2 is 1.68 bits per heavy atom. The number of amides is 3. The van der Waals surface area contributed by atoms with E-state index in [9.17, 15) is 9.59 Å². The van der Waals surface area contributed by atoms with Crippen molar-refractivity contribution in [3.05, 3.63) is 48.2 Å². The van der Waals surface area contributed by atoms with E-state index in [1.807, 2.05) is 28.1 Å². The van der Waals surface area contributed by atoms with Crippen molar-refractivity contribution in [1.82, 2.24) is 24.7 Å². The smallest absolute Gasteiger partial charge is 0.325 e. The summed E-state index contributed by atoms with van der Waals surface area (Å²) in [7, 11) is 3.93. The summed E-state index contributed by atoms with van der Waals surface area (Å²) in [5.41, 5.74) is 3.76. The van der Waals surface area contributed by atoms with Gasteiger partial charge in [0.15, 0.2) is 0 Å². The van der Waals surface area contributed by atoms with E-state index in [-0.39, 0.29) is 24.0 Å². The number of aromatic nitrogens is 2. The number of hydrogen-bond acceptors (Lipinski definition) is 7. The van der Waals surface area contributed by atoms with Crippen molar-refractivity contribution in [2.75, 3.05) is 61.9 Å². The number of piperazine rings is 1. The third kappa shape index (κ3) is 4.57. The zero-order valence-electron chi connectivity index (χ0n) is 22.3. The first-order valence-electron chi connectivity index (χ1n) is 13.6. The average molecular weight is 517 g/mol. The van der Waals surface area contributed by atoms with Crippen LogP contribution in [0, 0.1) is 0 Å². The Balaban J connectivity index is 1.12. The number of benzene rings is 1. The molecule has 3 amide bonds. The van der Waals surface area contributed by atoms with Gasteiger partial charge in [-0.3, -0.25) is 9.69 Å². The van der Waals surface area contributed by atoms with E-state index in [0.717, 1.165) is 63.1 Å². The van der Waals surface area contributed by atoms with Crippen molar-refractivity contribution in [3.63, 3.8) is 0 Å². The maximum absolute atomic E-state index is 13.4. The molecule has 0 radical (unpaired) electrons. The van der Waals surface area contributed by atoms with Crippen molar-refractivity contribution in [3.8, 4) is 0 Å². The quantitative estimate of drug-likeness (QED) is 0.625. The summed E-state index contributed by atoms with van der Waals surface area (Å²) in [4.78, 5) is 45.4. The molecule has 0 spiro atoms. The van der Waals surface area contributed by atoms with Crippen LogP contribution in [-0.2, 0) is 11.3 Å². The normalized spacial score (nSPS) is 24.4. The number of likely N-dealkylation sites (N-methyl/N-ethyl adjacent to an activating group) is 1. The Hall–Kier alpha value is -3.66. The van der Waals surface area contributed by atoms with Crippen molar-refractivity contribution < 1.29 is 9.59 Å². The van der Waals surface area contributed by atoms with Crippen LogP contribution in [-0.4, -0.2) is 95.5 Å². The first-order valence-corrected chi connectivity index (χ1v) is 13.6. The highest BCUT2D eigenvalue weighted by molar-refractivity contribution is 5.94. The van der Waals surface area contributed by atoms with Gasteiger partial charge in [0.25, 0.3) is 0 Å². The number of nitrogens with zero attached hydrogens (tertiary/aromatic N) is 7. The summed E-state index contributed by atoms with van der Waals surface area (Å²) in [6, 6.07) is 8.56. The third-order valence-corrected chi connectivity index (χ3v) is 8.50. The Morgan fingerprint density at radius 1 is 0.947 bits per heavy atom. The molecule has 2 aromatic rings. The van der Waals surface area contributed by atoms with E-state index in [1.54, 1.807) is 11.9 Å². The van der Waals surface area contributed by atoms with E-state index in [4.69, 9.17) is 4.98 Å². The van der Waals surface area contributed by atoms with Crippen molar-refractivity contribution in [1.29, 1.82) is 0 Å². The summed E-state index contributed by atoms with van der Waals surface area (Å²) in [6.45, 7) is 9.27. The number of anilines is 4. The summed E-state index contributed by atoms with van der Waals surface area (Å²) in [5, 5.41) is 3.29. The number of piperidine rings is 2. The molecule has 6 rings (SSSR count). The van der Waals surface area contributed by atoms with Crippen LogP contribution >= 0.6 is 0 Å². The van der Waals surface area contributed by atoms with Gasteiger partial charge in [-0.1, -0.05) is 6.58 Å². The summed E-state index contributed by atoms with van der Waals surface area (Å²) in [5.74, 6) is 1.19. The Kier molecular flexibility index (Phi) is 6.43. The van der Waals surface area contributed by atoms with E-state index < -0.39 is 0 Å². The van der Waals surface area contributed by atoms with Gasteiger partial charge in [0, 0.05) is 80.6 Å². The molecule has 0 aliphatic carbocycles. The zero-order chi connectivity index (χ0) is 26.4. The van der Waals surface area contributed by atoms with Gasteiger partial charge in [0.2, 0.25) is 11.9 Å². The fourth-order valence-electron chi connectivity index (χ4n) is 6.13. The molecule has 10 nitrogen and oxygen atoms in total. The maximum atomic E-state index is 13.4. The third-order valence-electron chi connectivity index (χ3n) is 8.50. The second kappa shape index (κ2) is 9.90. The summed E-state index contributed by atoms with van der Waals surface area (Å²) < 4.78 is 0. The molecular weight excluding hydrogens is 480 g/mol. The molecule has 1 N–H and O–H groups in total. The highest BCUT2D eigenvalue weighted by atomic mass is 16.2. The van der Waals surface area contributed by atoms with Gasteiger partial charge in [0.05, 0.1) is 6.54 Å². The number of urea groups is 1. The number of carbonyl (C=O) groups is 2. The first-order chi connectivity index (χ1) is 18.4. The molecular formula is C28H36N8O2. The molecule has 1 aromatic carbocycles. The number of hydrogen-bond donors (Lipinski definition) is 1. The molecule has 2 atom stereocenters. The predicted molar refractivity (Wildman–Crippen MR) is 148 cm³/mol. The molecule has 10 heteroatoms. The Bertz CT molecular complexity index is 1240. The van der Waals surface area contributed by atoms with E-state index in [1.165, 1.54) is 5.69 Å². The van der Waals surface area contributed by atoms with Crippen LogP contribution in [0.25, 0.3) is 0 Å². The fourth-order valence-corrected chi connectivity index (χ4v) is 6.13. The van der Waals surface area contributed by atoms with Crippen molar-refractivity contribution in [2.45, 2.75) is 44.3 Å². The van der Waals surface area contributed by atoms with Gasteiger partial charge in [-0.25, -0.2) is 9.78 Å². The zero-order valence-corrected chi connectivity index (χ0v) is 22.3. The van der Waals surface area contributed by atoms with Gasteiger partial charge in [-0.05, 0) is 57.0 Å². The average Bonchev–Trinajstić information content (AvgIpc) is 2.94. The minimum atomic E-state index is -0.0522. The number of fused-ring (bicyclic) bond motifs is 2. The molecule has 5 heterocycles. The fraction of sp³-hybridized carbons (Fsp3) is 0.500. The second-order valence-electron chi connectivity index (χ2n) is 10.9. The van der Waals surface area contributed by atoms with Gasteiger partial charge in [-0.15, -0.1) is 0 Å². The molecule has 38 heavy (non-hydrogen) atoms. The highest BCUT2D eigenvalue weighted by Crippen LogP contribution is 2.35. The first kappa shape index (κ1) is 24.7. The number of rotatable bonds is 4. The Labute approximate surface area is 223 Å². The molecule has 0 saturated carbocycles. The largest absolute Gasteiger partial charge is 0.369 e. The molecule has 0 bridgehead atoms. The lowest BCUT2D eigenvalue weighted by atomic mass is 9.87. The van der Waals surface area contributed by atoms with Crippen LogP contribution in [0.4, 0.5) is 27.9 Å². The minimum absolute atomic E-state index is 0.0522. The molecule has 1 aromatic heterocycles. The van der Waals surface area contributed by atoms with E-state index in [2.05, 4.69) is 45.9 Å². The van der Waals surface area contributed by atoms with Crippen molar-refractivity contribution in [2.24, 2.45) is 0 Å². The molecule has 200 valence electrons. The lowest BCUT2D eigenvalue weighted by molar-refractivity contribution is -0.133. The predicted octanol–water partition coefficient (Wildman–Crippen LogP) is 3.05.